The molecule has 6 heteroatoms. The minimum Gasteiger partial charge on any atom is -0.497 e. The van der Waals surface area contributed by atoms with E-state index in [-0.39, 0.29) is 17.9 Å². The van der Waals surface area contributed by atoms with Gasteiger partial charge < -0.3 is 14.6 Å². The zero-order valence-electron chi connectivity index (χ0n) is 11.4. The van der Waals surface area contributed by atoms with Gasteiger partial charge in [0, 0.05) is 24.4 Å². The first-order chi connectivity index (χ1) is 9.63. The number of aromatic nitrogens is 2. The third-order valence-corrected chi connectivity index (χ3v) is 2.82. The number of nitrogens with zero attached hydrogens (tertiary/aromatic N) is 2. The van der Waals surface area contributed by atoms with Crippen LogP contribution in [-0.4, -0.2) is 28.0 Å². The van der Waals surface area contributed by atoms with E-state index in [1.165, 1.54) is 13.2 Å². The van der Waals surface area contributed by atoms with Crippen LogP contribution in [0.2, 0.25) is 0 Å². The average Bonchev–Trinajstić information content (AvgIpc) is 2.92. The van der Waals surface area contributed by atoms with Gasteiger partial charge in [-0.1, -0.05) is 0 Å². The van der Waals surface area contributed by atoms with Crippen LogP contribution in [0.4, 0.5) is 0 Å². The molecule has 0 bridgehead atoms. The number of benzene rings is 1. The van der Waals surface area contributed by atoms with Crippen molar-refractivity contribution in [2.75, 3.05) is 7.11 Å². The van der Waals surface area contributed by atoms with Crippen LogP contribution >= 0.6 is 0 Å². The fraction of sp³-hybridized carbons (Fsp3) is 0.286. The van der Waals surface area contributed by atoms with Crippen LogP contribution in [0.15, 0.2) is 30.6 Å². The predicted molar refractivity (Wildman–Crippen MR) is 72.2 cm³/mol. The summed E-state index contributed by atoms with van der Waals surface area (Å²) in [6, 6.07) is 4.62. The molecule has 106 valence electrons. The molecule has 0 saturated heterocycles. The number of carboxylic acid groups (broad SMARTS) is 1. The summed E-state index contributed by atoms with van der Waals surface area (Å²) >= 11 is 0. The van der Waals surface area contributed by atoms with E-state index in [0.29, 0.717) is 5.75 Å². The molecule has 0 amide bonds. The first kappa shape index (κ1) is 13.9. The van der Waals surface area contributed by atoms with Crippen molar-refractivity contribution in [3.8, 4) is 11.5 Å². The largest absolute Gasteiger partial charge is 0.497 e. The third-order valence-electron chi connectivity index (χ3n) is 2.82. The van der Waals surface area contributed by atoms with Crippen LogP contribution in [0, 0.1) is 0 Å². The molecule has 2 aromatic rings. The molecule has 0 saturated carbocycles. The molecular weight excluding hydrogens is 260 g/mol. The number of aromatic carboxylic acids is 1. The monoisotopic (exact) mass is 276 g/mol. The van der Waals surface area contributed by atoms with E-state index >= 15 is 0 Å². The second kappa shape index (κ2) is 6.10. The molecule has 0 aliphatic rings. The van der Waals surface area contributed by atoms with Crippen molar-refractivity contribution in [2.45, 2.75) is 20.1 Å². The maximum absolute atomic E-state index is 11.1. The molecule has 6 nitrogen and oxygen atoms in total. The van der Waals surface area contributed by atoms with Gasteiger partial charge in [0.1, 0.15) is 23.7 Å². The topological polar surface area (TPSA) is 73.6 Å². The lowest BCUT2D eigenvalue weighted by atomic mass is 10.2. The number of methoxy groups -OCH3 is 1. The van der Waals surface area contributed by atoms with Crippen LogP contribution in [0.1, 0.15) is 22.8 Å². The van der Waals surface area contributed by atoms with Crippen LogP contribution in [-0.2, 0) is 13.2 Å². The quantitative estimate of drug-likeness (QED) is 0.875. The molecule has 1 heterocycles. The van der Waals surface area contributed by atoms with Crippen molar-refractivity contribution >= 4 is 5.97 Å². The van der Waals surface area contributed by atoms with Crippen molar-refractivity contribution in [3.63, 3.8) is 0 Å². The van der Waals surface area contributed by atoms with E-state index in [1.54, 1.807) is 23.0 Å². The number of hydrogen-bond acceptors (Lipinski definition) is 4. The van der Waals surface area contributed by atoms with Gasteiger partial charge in [-0.25, -0.2) is 4.79 Å². The van der Waals surface area contributed by atoms with Crippen molar-refractivity contribution in [3.05, 3.63) is 41.7 Å². The van der Waals surface area contributed by atoms with E-state index < -0.39 is 5.97 Å². The lowest BCUT2D eigenvalue weighted by molar-refractivity contribution is 0.0691. The lowest BCUT2D eigenvalue weighted by Crippen LogP contribution is -2.03. The average molecular weight is 276 g/mol. The number of carboxylic acids is 1. The van der Waals surface area contributed by atoms with E-state index in [9.17, 15) is 4.79 Å². The first-order valence-electron chi connectivity index (χ1n) is 6.19. The Morgan fingerprint density at radius 2 is 2.25 bits per heavy atom. The molecule has 1 aromatic heterocycles. The molecule has 0 atom stereocenters. The molecule has 1 N–H and O–H groups in total. The summed E-state index contributed by atoms with van der Waals surface area (Å²) in [5.74, 6) is -0.206. The van der Waals surface area contributed by atoms with Crippen LogP contribution < -0.4 is 9.47 Å². The Morgan fingerprint density at radius 1 is 1.45 bits per heavy atom. The van der Waals surface area contributed by atoms with Crippen molar-refractivity contribution in [2.24, 2.45) is 0 Å². The Morgan fingerprint density at radius 3 is 2.85 bits per heavy atom. The molecule has 0 aliphatic heterocycles. The molecule has 0 fully saturated rings. The highest BCUT2D eigenvalue weighted by molar-refractivity contribution is 5.91. The molecule has 0 radical (unpaired) electrons. The molecular formula is C14H16N2O4. The van der Waals surface area contributed by atoms with Crippen molar-refractivity contribution < 1.29 is 19.4 Å². The SMILES string of the molecule is CCn1cc(COc2cc(OC)ccc2C(=O)O)cn1. The Kier molecular flexibility index (Phi) is 4.24. The summed E-state index contributed by atoms with van der Waals surface area (Å²) in [6.45, 7) is 3.02. The fourth-order valence-corrected chi connectivity index (χ4v) is 1.74. The van der Waals surface area contributed by atoms with Crippen LogP contribution in [0.25, 0.3) is 0 Å². The summed E-state index contributed by atoms with van der Waals surface area (Å²) in [5.41, 5.74) is 0.986. The van der Waals surface area contributed by atoms with E-state index in [0.717, 1.165) is 12.1 Å². The van der Waals surface area contributed by atoms with Gasteiger partial charge in [0.05, 0.1) is 13.3 Å². The molecule has 0 aliphatic carbocycles. The van der Waals surface area contributed by atoms with Gasteiger partial charge in [0.25, 0.3) is 0 Å². The van der Waals surface area contributed by atoms with E-state index in [1.807, 2.05) is 13.1 Å². The predicted octanol–water partition coefficient (Wildman–Crippen LogP) is 2.19. The number of rotatable bonds is 6. The van der Waals surface area contributed by atoms with Gasteiger partial charge in [-0.05, 0) is 19.1 Å². The van der Waals surface area contributed by atoms with Gasteiger partial charge in [-0.3, -0.25) is 4.68 Å². The van der Waals surface area contributed by atoms with E-state index in [4.69, 9.17) is 14.6 Å². The van der Waals surface area contributed by atoms with Crippen LogP contribution in [0.5, 0.6) is 11.5 Å². The lowest BCUT2D eigenvalue weighted by Gasteiger charge is -2.09. The maximum atomic E-state index is 11.1. The number of carbonyl (C=O) groups is 1. The zero-order chi connectivity index (χ0) is 14.5. The highest BCUT2D eigenvalue weighted by atomic mass is 16.5. The highest BCUT2D eigenvalue weighted by Crippen LogP contribution is 2.25. The number of aryl methyl sites for hydroxylation is 1. The summed E-state index contributed by atoms with van der Waals surface area (Å²) in [4.78, 5) is 11.1. The highest BCUT2D eigenvalue weighted by Gasteiger charge is 2.13. The fourth-order valence-electron chi connectivity index (χ4n) is 1.74. The molecule has 1 aromatic carbocycles. The molecule has 0 spiro atoms. The van der Waals surface area contributed by atoms with Gasteiger partial charge in [-0.2, -0.15) is 5.10 Å². The molecule has 0 unspecified atom stereocenters. The minimum atomic E-state index is -1.04. The summed E-state index contributed by atoms with van der Waals surface area (Å²) in [5, 5.41) is 13.3. The zero-order valence-corrected chi connectivity index (χ0v) is 11.4. The third kappa shape index (κ3) is 3.09. The van der Waals surface area contributed by atoms with Gasteiger partial charge in [0.2, 0.25) is 0 Å². The van der Waals surface area contributed by atoms with Crippen LogP contribution in [0.3, 0.4) is 0 Å². The van der Waals surface area contributed by atoms with Crippen molar-refractivity contribution in [1.29, 1.82) is 0 Å². The van der Waals surface area contributed by atoms with Gasteiger partial charge >= 0.3 is 5.97 Å². The second-order valence-corrected chi connectivity index (χ2v) is 4.16. The Hall–Kier alpha value is -2.50. The number of hydrogen-bond donors (Lipinski definition) is 1. The van der Waals surface area contributed by atoms with Gasteiger partial charge in [0.15, 0.2) is 0 Å². The van der Waals surface area contributed by atoms with Gasteiger partial charge in [-0.15, -0.1) is 0 Å². The van der Waals surface area contributed by atoms with Crippen molar-refractivity contribution in [1.82, 2.24) is 9.78 Å². The Bertz CT molecular complexity index is 607. The smallest absolute Gasteiger partial charge is 0.339 e. The normalized spacial score (nSPS) is 10.3. The molecule has 20 heavy (non-hydrogen) atoms. The summed E-state index contributed by atoms with van der Waals surface area (Å²) in [7, 11) is 1.52. The summed E-state index contributed by atoms with van der Waals surface area (Å²) in [6.07, 6.45) is 3.56. The Labute approximate surface area is 116 Å². The maximum Gasteiger partial charge on any atom is 0.339 e. The standard InChI is InChI=1S/C14H16N2O4/c1-3-16-8-10(7-15-16)9-20-13-6-11(19-2)4-5-12(13)14(17)18/h4-8H,3,9H2,1-2H3,(H,17,18). The second-order valence-electron chi connectivity index (χ2n) is 4.16. The summed E-state index contributed by atoms with van der Waals surface area (Å²) < 4.78 is 12.4. The number of ether oxygens (including phenoxy) is 2. The molecule has 2 rings (SSSR count). The Balaban J connectivity index is 2.16. The van der Waals surface area contributed by atoms with E-state index in [2.05, 4.69) is 5.10 Å². The minimum absolute atomic E-state index is 0.105. The first-order valence-corrected chi connectivity index (χ1v) is 6.19.